The summed E-state index contributed by atoms with van der Waals surface area (Å²) in [5.74, 6) is 1.20. The molecular weight excluding hydrogens is 261 g/mol. The van der Waals surface area contributed by atoms with Gasteiger partial charge in [0.15, 0.2) is 0 Å². The zero-order valence-corrected chi connectivity index (χ0v) is 10.3. The molecule has 3 unspecified atom stereocenters. The van der Waals surface area contributed by atoms with Crippen LogP contribution in [0.15, 0.2) is 22.7 Å². The molecule has 0 aromatic heterocycles. The van der Waals surface area contributed by atoms with Crippen molar-refractivity contribution in [1.29, 1.82) is 0 Å². The average molecular weight is 275 g/mol. The third-order valence-electron chi connectivity index (χ3n) is 2.88. The highest BCUT2D eigenvalue weighted by Crippen LogP contribution is 2.51. The lowest BCUT2D eigenvalue weighted by molar-refractivity contribution is 0.631. The summed E-state index contributed by atoms with van der Waals surface area (Å²) < 4.78 is 1.03. The second kappa shape index (κ2) is 3.84. The van der Waals surface area contributed by atoms with Crippen LogP contribution in [0.25, 0.3) is 0 Å². The molecule has 0 spiro atoms. The van der Waals surface area contributed by atoms with Crippen LogP contribution in [0.3, 0.4) is 0 Å². The second-order valence-electron chi connectivity index (χ2n) is 4.03. The third kappa shape index (κ3) is 1.97. The Morgan fingerprint density at radius 3 is 2.79 bits per heavy atom. The summed E-state index contributed by atoms with van der Waals surface area (Å²) in [6.07, 6.45) is 1.18. The van der Waals surface area contributed by atoms with Gasteiger partial charge < -0.3 is 5.73 Å². The van der Waals surface area contributed by atoms with Gasteiger partial charge in [0.2, 0.25) is 0 Å². The first-order valence-electron chi connectivity index (χ1n) is 4.80. The summed E-state index contributed by atoms with van der Waals surface area (Å²) in [6.45, 7) is 2.07. The van der Waals surface area contributed by atoms with E-state index < -0.39 is 0 Å². The molecule has 0 radical (unpaired) electrons. The molecule has 1 nitrogen and oxygen atoms in total. The van der Waals surface area contributed by atoms with E-state index in [0.717, 1.165) is 9.50 Å². The van der Waals surface area contributed by atoms with Crippen molar-refractivity contribution in [2.75, 3.05) is 0 Å². The highest BCUT2D eigenvalue weighted by Gasteiger charge is 2.41. The minimum absolute atomic E-state index is 0.278. The van der Waals surface area contributed by atoms with E-state index in [0.29, 0.717) is 11.8 Å². The van der Waals surface area contributed by atoms with E-state index in [1.807, 2.05) is 12.1 Å². The minimum Gasteiger partial charge on any atom is -0.328 e. The zero-order valence-electron chi connectivity index (χ0n) is 8.00. The summed E-state index contributed by atoms with van der Waals surface area (Å²) in [4.78, 5) is 0. The first kappa shape index (κ1) is 10.5. The lowest BCUT2D eigenvalue weighted by Gasteiger charge is -2.06. The van der Waals surface area contributed by atoms with Crippen molar-refractivity contribution in [2.45, 2.75) is 25.3 Å². The molecule has 0 bridgehead atoms. The molecule has 3 atom stereocenters. The minimum atomic E-state index is 0.278. The molecule has 3 heteroatoms. The second-order valence-corrected chi connectivity index (χ2v) is 5.35. The van der Waals surface area contributed by atoms with Gasteiger partial charge >= 0.3 is 0 Å². The van der Waals surface area contributed by atoms with Gasteiger partial charge in [-0.1, -0.05) is 33.6 Å². The van der Waals surface area contributed by atoms with Gasteiger partial charge in [-0.3, -0.25) is 0 Å². The third-order valence-corrected chi connectivity index (χ3v) is 3.70. The van der Waals surface area contributed by atoms with Crippen molar-refractivity contribution in [3.8, 4) is 0 Å². The fraction of sp³-hybridized carbons (Fsp3) is 0.455. The Hall–Kier alpha value is -0.0500. The molecule has 0 amide bonds. The van der Waals surface area contributed by atoms with Crippen LogP contribution < -0.4 is 5.73 Å². The summed E-state index contributed by atoms with van der Waals surface area (Å²) in [5, 5.41) is 0.854. The van der Waals surface area contributed by atoms with Crippen molar-refractivity contribution >= 4 is 27.5 Å². The molecule has 2 N–H and O–H groups in total. The van der Waals surface area contributed by atoms with Crippen LogP contribution >= 0.6 is 27.5 Å². The number of halogens is 2. The van der Waals surface area contributed by atoms with E-state index in [4.69, 9.17) is 17.3 Å². The van der Waals surface area contributed by atoms with Crippen molar-refractivity contribution in [1.82, 2.24) is 0 Å². The summed E-state index contributed by atoms with van der Waals surface area (Å²) in [7, 11) is 0. The van der Waals surface area contributed by atoms with Crippen LogP contribution in [0.4, 0.5) is 0 Å². The maximum absolute atomic E-state index is 6.16. The smallest absolute Gasteiger partial charge is 0.0452 e. The Morgan fingerprint density at radius 2 is 2.29 bits per heavy atom. The van der Waals surface area contributed by atoms with Gasteiger partial charge in [-0.05, 0) is 42.9 Å². The van der Waals surface area contributed by atoms with Crippen LogP contribution in [-0.4, -0.2) is 6.04 Å². The number of nitrogens with two attached hydrogens (primary N) is 1. The molecule has 1 aromatic rings. The van der Waals surface area contributed by atoms with E-state index in [1.165, 1.54) is 12.0 Å². The predicted octanol–water partition coefficient (Wildman–Crippen LogP) is 3.55. The lowest BCUT2D eigenvalue weighted by atomic mass is 10.1. The van der Waals surface area contributed by atoms with E-state index in [2.05, 4.69) is 28.9 Å². The Kier molecular flexibility index (Phi) is 2.87. The van der Waals surface area contributed by atoms with Gasteiger partial charge in [0.05, 0.1) is 0 Å². The molecule has 76 valence electrons. The van der Waals surface area contributed by atoms with E-state index >= 15 is 0 Å². The van der Waals surface area contributed by atoms with Gasteiger partial charge in [-0.15, -0.1) is 0 Å². The Morgan fingerprint density at radius 1 is 1.57 bits per heavy atom. The number of benzene rings is 1. The number of hydrogen-bond donors (Lipinski definition) is 1. The summed E-state index contributed by atoms with van der Waals surface area (Å²) in [5.41, 5.74) is 7.10. The maximum Gasteiger partial charge on any atom is 0.0452 e. The molecule has 1 aliphatic carbocycles. The van der Waals surface area contributed by atoms with Gasteiger partial charge in [-0.25, -0.2) is 0 Å². The van der Waals surface area contributed by atoms with Gasteiger partial charge in [0.1, 0.15) is 0 Å². The fourth-order valence-electron chi connectivity index (χ4n) is 1.96. The summed E-state index contributed by atoms with van der Waals surface area (Å²) >= 11 is 9.56. The monoisotopic (exact) mass is 273 g/mol. The van der Waals surface area contributed by atoms with Crippen LogP contribution in [0, 0.1) is 5.92 Å². The van der Waals surface area contributed by atoms with Crippen molar-refractivity contribution in [3.63, 3.8) is 0 Å². The SMILES string of the molecule is CC(N)C1CC1c1ccc(Br)cc1Cl. The molecule has 1 fully saturated rings. The zero-order chi connectivity index (χ0) is 10.3. The normalized spacial score (nSPS) is 27.4. The summed E-state index contributed by atoms with van der Waals surface area (Å²) in [6, 6.07) is 6.37. The molecule has 1 saturated carbocycles. The first-order chi connectivity index (χ1) is 6.59. The highest BCUT2D eigenvalue weighted by molar-refractivity contribution is 9.10. The predicted molar refractivity (Wildman–Crippen MR) is 63.6 cm³/mol. The molecule has 14 heavy (non-hydrogen) atoms. The standard InChI is InChI=1S/C11H13BrClN/c1-6(14)9-5-10(9)8-3-2-7(12)4-11(8)13/h2-4,6,9-10H,5,14H2,1H3. The van der Waals surface area contributed by atoms with E-state index in [-0.39, 0.29) is 6.04 Å². The van der Waals surface area contributed by atoms with Crippen molar-refractivity contribution in [2.24, 2.45) is 11.7 Å². The quantitative estimate of drug-likeness (QED) is 0.877. The highest BCUT2D eigenvalue weighted by atomic mass is 79.9. The molecular formula is C11H13BrClN. The van der Waals surface area contributed by atoms with Crippen LogP contribution in [0.1, 0.15) is 24.8 Å². The van der Waals surface area contributed by atoms with Gasteiger partial charge in [0, 0.05) is 15.5 Å². The molecule has 2 rings (SSSR count). The molecule has 0 aliphatic heterocycles. The van der Waals surface area contributed by atoms with E-state index in [1.54, 1.807) is 0 Å². The molecule has 0 saturated heterocycles. The largest absolute Gasteiger partial charge is 0.328 e. The van der Waals surface area contributed by atoms with Crippen LogP contribution in [-0.2, 0) is 0 Å². The fourth-order valence-corrected chi connectivity index (χ4v) is 2.77. The Labute approximate surface area is 97.8 Å². The molecule has 1 aliphatic rings. The number of rotatable bonds is 2. The first-order valence-corrected chi connectivity index (χ1v) is 5.97. The number of hydrogen-bond acceptors (Lipinski definition) is 1. The topological polar surface area (TPSA) is 26.0 Å². The van der Waals surface area contributed by atoms with Crippen LogP contribution in [0.2, 0.25) is 5.02 Å². The van der Waals surface area contributed by atoms with Gasteiger partial charge in [0.25, 0.3) is 0 Å². The van der Waals surface area contributed by atoms with Crippen LogP contribution in [0.5, 0.6) is 0 Å². The molecule has 1 aromatic carbocycles. The van der Waals surface area contributed by atoms with Crippen molar-refractivity contribution < 1.29 is 0 Å². The Balaban J connectivity index is 2.19. The average Bonchev–Trinajstić information content (AvgIpc) is 2.83. The van der Waals surface area contributed by atoms with E-state index in [9.17, 15) is 0 Å². The van der Waals surface area contributed by atoms with Gasteiger partial charge in [-0.2, -0.15) is 0 Å². The van der Waals surface area contributed by atoms with Crippen molar-refractivity contribution in [3.05, 3.63) is 33.3 Å². The molecule has 0 heterocycles. The Bertz CT molecular complexity index is 351. The lowest BCUT2D eigenvalue weighted by Crippen LogP contribution is -2.17. The maximum atomic E-state index is 6.16.